The summed E-state index contributed by atoms with van der Waals surface area (Å²) >= 11 is 1.72. The third-order valence-corrected chi connectivity index (χ3v) is 3.04. The van der Waals surface area contributed by atoms with Crippen molar-refractivity contribution in [2.75, 3.05) is 18.6 Å². The van der Waals surface area contributed by atoms with Crippen molar-refractivity contribution in [1.82, 2.24) is 5.32 Å². The first-order chi connectivity index (χ1) is 7.69. The number of hydrogen-bond acceptors (Lipinski definition) is 2. The highest BCUT2D eigenvalue weighted by Crippen LogP contribution is 2.22. The molecule has 16 heavy (non-hydrogen) atoms. The second kappa shape index (κ2) is 6.86. The molecule has 0 bridgehead atoms. The lowest BCUT2D eigenvalue weighted by atomic mass is 10.0. The van der Waals surface area contributed by atoms with E-state index in [1.807, 2.05) is 13.2 Å². The minimum absolute atomic E-state index is 0.0296. The van der Waals surface area contributed by atoms with E-state index < -0.39 is 11.6 Å². The van der Waals surface area contributed by atoms with Gasteiger partial charge in [-0.15, -0.1) is 0 Å². The fraction of sp³-hybridized carbons (Fsp3) is 0.500. The van der Waals surface area contributed by atoms with Crippen LogP contribution in [0.4, 0.5) is 8.78 Å². The second-order valence-corrected chi connectivity index (χ2v) is 4.54. The summed E-state index contributed by atoms with van der Waals surface area (Å²) in [6.07, 6.45) is 2.86. The van der Waals surface area contributed by atoms with Crippen LogP contribution in [0.15, 0.2) is 18.2 Å². The van der Waals surface area contributed by atoms with Gasteiger partial charge in [0.1, 0.15) is 11.6 Å². The Morgan fingerprint density at radius 1 is 1.38 bits per heavy atom. The van der Waals surface area contributed by atoms with Crippen LogP contribution < -0.4 is 5.32 Å². The second-order valence-electron chi connectivity index (χ2n) is 3.56. The third-order valence-electron chi connectivity index (χ3n) is 2.40. The van der Waals surface area contributed by atoms with Crippen molar-refractivity contribution in [3.63, 3.8) is 0 Å². The molecule has 1 aromatic carbocycles. The number of rotatable bonds is 6. The van der Waals surface area contributed by atoms with Crippen LogP contribution in [0.2, 0.25) is 0 Å². The minimum atomic E-state index is -0.527. The van der Waals surface area contributed by atoms with Gasteiger partial charge in [-0.05, 0) is 31.0 Å². The Labute approximate surface area is 99.6 Å². The zero-order valence-corrected chi connectivity index (χ0v) is 10.4. The van der Waals surface area contributed by atoms with E-state index in [4.69, 9.17) is 0 Å². The molecule has 0 aromatic heterocycles. The Hall–Kier alpha value is -0.610. The van der Waals surface area contributed by atoms with E-state index in [0.717, 1.165) is 24.8 Å². The van der Waals surface area contributed by atoms with Gasteiger partial charge >= 0.3 is 0 Å². The fourth-order valence-corrected chi connectivity index (χ4v) is 2.11. The molecule has 1 aromatic rings. The summed E-state index contributed by atoms with van der Waals surface area (Å²) in [4.78, 5) is 0. The molecule has 0 aliphatic rings. The Morgan fingerprint density at radius 3 is 2.69 bits per heavy atom. The van der Waals surface area contributed by atoms with Gasteiger partial charge in [0.05, 0.1) is 0 Å². The summed E-state index contributed by atoms with van der Waals surface area (Å²) in [5.74, 6) is -0.0393. The van der Waals surface area contributed by atoms with Crippen LogP contribution in [0.5, 0.6) is 0 Å². The zero-order chi connectivity index (χ0) is 12.0. The van der Waals surface area contributed by atoms with Gasteiger partial charge in [0.2, 0.25) is 0 Å². The van der Waals surface area contributed by atoms with Crippen molar-refractivity contribution < 1.29 is 8.78 Å². The summed E-state index contributed by atoms with van der Waals surface area (Å²) < 4.78 is 26.3. The summed E-state index contributed by atoms with van der Waals surface area (Å²) in [5.41, 5.74) is 0.553. The SMILES string of the molecule is CCNC(CCSC)c1ccc(F)cc1F. The topological polar surface area (TPSA) is 12.0 Å². The van der Waals surface area contributed by atoms with Crippen LogP contribution in [0, 0.1) is 11.6 Å². The highest BCUT2D eigenvalue weighted by atomic mass is 32.2. The Bertz CT molecular complexity index is 331. The van der Waals surface area contributed by atoms with E-state index in [0.29, 0.717) is 5.56 Å². The van der Waals surface area contributed by atoms with E-state index in [2.05, 4.69) is 5.32 Å². The average Bonchev–Trinajstić information content (AvgIpc) is 2.25. The van der Waals surface area contributed by atoms with Crippen LogP contribution in [0.3, 0.4) is 0 Å². The molecule has 0 saturated heterocycles. The van der Waals surface area contributed by atoms with Crippen molar-refractivity contribution >= 4 is 11.8 Å². The van der Waals surface area contributed by atoms with Crippen molar-refractivity contribution in [1.29, 1.82) is 0 Å². The zero-order valence-electron chi connectivity index (χ0n) is 9.59. The van der Waals surface area contributed by atoms with E-state index in [1.54, 1.807) is 11.8 Å². The van der Waals surface area contributed by atoms with Crippen molar-refractivity contribution in [3.8, 4) is 0 Å². The van der Waals surface area contributed by atoms with Crippen molar-refractivity contribution in [2.24, 2.45) is 0 Å². The van der Waals surface area contributed by atoms with Crippen molar-refractivity contribution in [3.05, 3.63) is 35.4 Å². The third kappa shape index (κ3) is 3.76. The number of benzene rings is 1. The molecule has 0 spiro atoms. The lowest BCUT2D eigenvalue weighted by molar-refractivity contribution is 0.496. The van der Waals surface area contributed by atoms with Gasteiger partial charge in [-0.3, -0.25) is 0 Å². The van der Waals surface area contributed by atoms with Gasteiger partial charge in [-0.1, -0.05) is 13.0 Å². The highest BCUT2D eigenvalue weighted by Gasteiger charge is 2.14. The molecule has 0 aliphatic carbocycles. The molecule has 0 fully saturated rings. The molecule has 0 heterocycles. The molecule has 0 radical (unpaired) electrons. The number of halogens is 2. The maximum atomic E-state index is 13.6. The molecule has 1 nitrogen and oxygen atoms in total. The van der Waals surface area contributed by atoms with Gasteiger partial charge < -0.3 is 5.32 Å². The van der Waals surface area contributed by atoms with Crippen LogP contribution in [-0.2, 0) is 0 Å². The van der Waals surface area contributed by atoms with E-state index in [9.17, 15) is 8.78 Å². The quantitative estimate of drug-likeness (QED) is 0.824. The largest absolute Gasteiger partial charge is 0.310 e. The van der Waals surface area contributed by atoms with Crippen LogP contribution in [0.1, 0.15) is 24.9 Å². The summed E-state index contributed by atoms with van der Waals surface area (Å²) in [5, 5.41) is 3.22. The van der Waals surface area contributed by atoms with Gasteiger partial charge in [0.25, 0.3) is 0 Å². The normalized spacial score (nSPS) is 12.8. The van der Waals surface area contributed by atoms with Gasteiger partial charge in [-0.2, -0.15) is 11.8 Å². The predicted molar refractivity (Wildman–Crippen MR) is 65.8 cm³/mol. The molecule has 0 saturated carbocycles. The first kappa shape index (κ1) is 13.5. The summed E-state index contributed by atoms with van der Waals surface area (Å²) in [7, 11) is 0. The van der Waals surface area contributed by atoms with Crippen molar-refractivity contribution in [2.45, 2.75) is 19.4 Å². The molecular formula is C12H17F2NS. The van der Waals surface area contributed by atoms with Gasteiger partial charge in [0, 0.05) is 17.7 Å². The Morgan fingerprint density at radius 2 is 2.12 bits per heavy atom. The molecule has 4 heteroatoms. The molecule has 90 valence electrons. The van der Waals surface area contributed by atoms with E-state index >= 15 is 0 Å². The van der Waals surface area contributed by atoms with Crippen LogP contribution >= 0.6 is 11.8 Å². The lowest BCUT2D eigenvalue weighted by Crippen LogP contribution is -2.22. The maximum absolute atomic E-state index is 13.6. The molecule has 1 unspecified atom stereocenters. The van der Waals surface area contributed by atoms with Crippen LogP contribution in [-0.4, -0.2) is 18.6 Å². The first-order valence-electron chi connectivity index (χ1n) is 5.36. The lowest BCUT2D eigenvalue weighted by Gasteiger charge is -2.18. The molecule has 1 N–H and O–H groups in total. The molecule has 1 rings (SSSR count). The first-order valence-corrected chi connectivity index (χ1v) is 6.75. The Kier molecular flexibility index (Phi) is 5.77. The molecule has 1 atom stereocenters. The maximum Gasteiger partial charge on any atom is 0.130 e. The smallest absolute Gasteiger partial charge is 0.130 e. The monoisotopic (exact) mass is 245 g/mol. The summed E-state index contributed by atoms with van der Waals surface area (Å²) in [6, 6.07) is 3.75. The highest BCUT2D eigenvalue weighted by molar-refractivity contribution is 7.98. The van der Waals surface area contributed by atoms with E-state index in [-0.39, 0.29) is 6.04 Å². The molecule has 0 aliphatic heterocycles. The van der Waals surface area contributed by atoms with Crippen LogP contribution in [0.25, 0.3) is 0 Å². The van der Waals surface area contributed by atoms with E-state index in [1.165, 1.54) is 12.1 Å². The molecular weight excluding hydrogens is 228 g/mol. The molecule has 0 amide bonds. The van der Waals surface area contributed by atoms with Gasteiger partial charge in [-0.25, -0.2) is 8.78 Å². The van der Waals surface area contributed by atoms with Gasteiger partial charge in [0.15, 0.2) is 0 Å². The fourth-order valence-electron chi connectivity index (χ4n) is 1.63. The average molecular weight is 245 g/mol. The standard InChI is InChI=1S/C12H17F2NS/c1-3-15-12(6-7-16-2)10-5-4-9(13)8-11(10)14/h4-5,8,12,15H,3,6-7H2,1-2H3. The number of thioether (sulfide) groups is 1. The minimum Gasteiger partial charge on any atom is -0.310 e. The number of nitrogens with one attached hydrogen (secondary N) is 1. The predicted octanol–water partition coefficient (Wildman–Crippen LogP) is 3.37. The number of hydrogen-bond donors (Lipinski definition) is 1. The Balaban J connectivity index is 2.82. The summed E-state index contributed by atoms with van der Waals surface area (Å²) in [6.45, 7) is 2.75.